The zero-order chi connectivity index (χ0) is 12.4. The normalized spacial score (nSPS) is 28.6. The van der Waals surface area contributed by atoms with Crippen LogP contribution in [0.15, 0.2) is 18.2 Å². The maximum absolute atomic E-state index is 13.3. The van der Waals surface area contributed by atoms with E-state index in [1.54, 1.807) is 12.1 Å². The summed E-state index contributed by atoms with van der Waals surface area (Å²) in [7, 11) is 2.02. The Morgan fingerprint density at radius 3 is 2.76 bits per heavy atom. The van der Waals surface area contributed by atoms with Crippen molar-refractivity contribution in [1.29, 1.82) is 0 Å². The van der Waals surface area contributed by atoms with Gasteiger partial charge in [-0.25, -0.2) is 4.39 Å². The highest BCUT2D eigenvalue weighted by molar-refractivity contribution is 6.30. The topological polar surface area (TPSA) is 12.0 Å². The lowest BCUT2D eigenvalue weighted by atomic mass is 9.89. The van der Waals surface area contributed by atoms with Gasteiger partial charge in [0.2, 0.25) is 0 Å². The van der Waals surface area contributed by atoms with E-state index in [-0.39, 0.29) is 10.8 Å². The van der Waals surface area contributed by atoms with E-state index in [1.807, 2.05) is 13.1 Å². The van der Waals surface area contributed by atoms with Gasteiger partial charge >= 0.3 is 0 Å². The maximum atomic E-state index is 13.3. The summed E-state index contributed by atoms with van der Waals surface area (Å²) in [4.78, 5) is 0. The second-order valence-electron chi connectivity index (χ2n) is 5.04. The van der Waals surface area contributed by atoms with Crippen molar-refractivity contribution in [3.8, 4) is 0 Å². The van der Waals surface area contributed by atoms with Crippen molar-refractivity contribution in [3.05, 3.63) is 34.6 Å². The number of hydrogen-bond acceptors (Lipinski definition) is 1. The van der Waals surface area contributed by atoms with Crippen LogP contribution in [0.3, 0.4) is 0 Å². The van der Waals surface area contributed by atoms with Crippen LogP contribution in [0.25, 0.3) is 0 Å². The van der Waals surface area contributed by atoms with Crippen molar-refractivity contribution in [2.45, 2.75) is 32.2 Å². The molecule has 3 unspecified atom stereocenters. The van der Waals surface area contributed by atoms with Gasteiger partial charge < -0.3 is 5.32 Å². The van der Waals surface area contributed by atoms with Crippen LogP contribution in [0, 0.1) is 17.7 Å². The molecule has 0 bridgehead atoms. The highest BCUT2D eigenvalue weighted by Crippen LogP contribution is 2.34. The van der Waals surface area contributed by atoms with E-state index >= 15 is 0 Å². The van der Waals surface area contributed by atoms with Crippen LogP contribution in [0.2, 0.25) is 5.02 Å². The molecule has 0 amide bonds. The third kappa shape index (κ3) is 2.80. The van der Waals surface area contributed by atoms with Gasteiger partial charge in [-0.15, -0.1) is 0 Å². The average Bonchev–Trinajstić information content (AvgIpc) is 2.65. The standard InChI is InChI=1S/C14H19ClFN/c1-9-11(4-6-14(9)17-2)7-10-3-5-12(15)13(16)8-10/h3,5,8-9,11,14,17H,4,6-7H2,1-2H3. The molecule has 0 heterocycles. The van der Waals surface area contributed by atoms with Crippen LogP contribution >= 0.6 is 11.6 Å². The Morgan fingerprint density at radius 2 is 2.18 bits per heavy atom. The molecular weight excluding hydrogens is 237 g/mol. The second-order valence-corrected chi connectivity index (χ2v) is 5.45. The van der Waals surface area contributed by atoms with Gasteiger partial charge in [0.25, 0.3) is 0 Å². The summed E-state index contributed by atoms with van der Waals surface area (Å²) in [5.74, 6) is 0.992. The third-order valence-electron chi connectivity index (χ3n) is 4.08. The largest absolute Gasteiger partial charge is 0.317 e. The Balaban J connectivity index is 2.04. The fourth-order valence-corrected chi connectivity index (χ4v) is 3.03. The molecule has 1 nitrogen and oxygen atoms in total. The zero-order valence-electron chi connectivity index (χ0n) is 10.3. The molecule has 0 aliphatic heterocycles. The minimum atomic E-state index is -0.306. The number of nitrogens with one attached hydrogen (secondary N) is 1. The summed E-state index contributed by atoms with van der Waals surface area (Å²) in [6.07, 6.45) is 3.39. The minimum absolute atomic E-state index is 0.210. The van der Waals surface area contributed by atoms with E-state index in [9.17, 15) is 4.39 Å². The van der Waals surface area contributed by atoms with E-state index in [2.05, 4.69) is 12.2 Å². The molecule has 1 saturated carbocycles. The van der Waals surface area contributed by atoms with Crippen LogP contribution in [0.1, 0.15) is 25.3 Å². The molecule has 0 saturated heterocycles. The van der Waals surface area contributed by atoms with Crippen molar-refractivity contribution in [1.82, 2.24) is 5.32 Å². The van der Waals surface area contributed by atoms with Crippen molar-refractivity contribution in [2.24, 2.45) is 11.8 Å². The summed E-state index contributed by atoms with van der Waals surface area (Å²) in [5, 5.41) is 3.56. The summed E-state index contributed by atoms with van der Waals surface area (Å²) in [6, 6.07) is 5.77. The van der Waals surface area contributed by atoms with E-state index in [4.69, 9.17) is 11.6 Å². The second kappa shape index (κ2) is 5.36. The van der Waals surface area contributed by atoms with Crippen molar-refractivity contribution >= 4 is 11.6 Å². The van der Waals surface area contributed by atoms with Gasteiger partial charge in [0.05, 0.1) is 5.02 Å². The third-order valence-corrected chi connectivity index (χ3v) is 4.39. The molecule has 1 aliphatic carbocycles. The highest BCUT2D eigenvalue weighted by Gasteiger charge is 2.31. The van der Waals surface area contributed by atoms with Crippen LogP contribution < -0.4 is 5.32 Å². The summed E-state index contributed by atoms with van der Waals surface area (Å²) < 4.78 is 13.3. The van der Waals surface area contributed by atoms with E-state index in [0.717, 1.165) is 12.0 Å². The summed E-state index contributed by atoms with van der Waals surface area (Å²) in [6.45, 7) is 2.28. The molecule has 3 heteroatoms. The van der Waals surface area contributed by atoms with Gasteiger partial charge in [0, 0.05) is 6.04 Å². The maximum Gasteiger partial charge on any atom is 0.142 e. The Labute approximate surface area is 107 Å². The van der Waals surface area contributed by atoms with Crippen molar-refractivity contribution in [2.75, 3.05) is 7.05 Å². The van der Waals surface area contributed by atoms with Crippen LogP contribution in [-0.4, -0.2) is 13.1 Å². The predicted molar refractivity (Wildman–Crippen MR) is 69.8 cm³/mol. The van der Waals surface area contributed by atoms with Crippen LogP contribution in [-0.2, 0) is 6.42 Å². The number of hydrogen-bond donors (Lipinski definition) is 1. The Morgan fingerprint density at radius 1 is 1.41 bits per heavy atom. The van der Waals surface area contributed by atoms with Crippen molar-refractivity contribution in [3.63, 3.8) is 0 Å². The number of rotatable bonds is 3. The summed E-state index contributed by atoms with van der Waals surface area (Å²) >= 11 is 5.69. The van der Waals surface area contributed by atoms with E-state index in [1.165, 1.54) is 12.8 Å². The van der Waals surface area contributed by atoms with Crippen molar-refractivity contribution < 1.29 is 4.39 Å². The fourth-order valence-electron chi connectivity index (χ4n) is 2.91. The number of halogens is 2. The smallest absolute Gasteiger partial charge is 0.142 e. The Kier molecular flexibility index (Phi) is 4.05. The molecule has 0 aromatic heterocycles. The van der Waals surface area contributed by atoms with Gasteiger partial charge in [-0.05, 0) is 55.8 Å². The average molecular weight is 256 g/mol. The molecule has 1 aromatic carbocycles. The molecule has 0 spiro atoms. The first-order valence-corrected chi connectivity index (χ1v) is 6.60. The molecular formula is C14H19ClFN. The van der Waals surface area contributed by atoms with E-state index < -0.39 is 0 Å². The van der Waals surface area contributed by atoms with Gasteiger partial charge in [-0.1, -0.05) is 24.6 Å². The lowest BCUT2D eigenvalue weighted by Crippen LogP contribution is -2.29. The lowest BCUT2D eigenvalue weighted by molar-refractivity contribution is 0.363. The molecule has 3 atom stereocenters. The zero-order valence-corrected chi connectivity index (χ0v) is 11.1. The monoisotopic (exact) mass is 255 g/mol. The summed E-state index contributed by atoms with van der Waals surface area (Å²) in [5.41, 5.74) is 1.06. The Bertz CT molecular complexity index is 394. The Hall–Kier alpha value is -0.600. The first-order chi connectivity index (χ1) is 8.11. The van der Waals surface area contributed by atoms with Gasteiger partial charge in [0.15, 0.2) is 0 Å². The lowest BCUT2D eigenvalue weighted by Gasteiger charge is -2.20. The fraction of sp³-hybridized carbons (Fsp3) is 0.571. The van der Waals surface area contributed by atoms with Gasteiger partial charge in [-0.3, -0.25) is 0 Å². The molecule has 1 aromatic rings. The first-order valence-electron chi connectivity index (χ1n) is 6.23. The highest BCUT2D eigenvalue weighted by atomic mass is 35.5. The van der Waals surface area contributed by atoms with Gasteiger partial charge in [-0.2, -0.15) is 0 Å². The predicted octanol–water partition coefficient (Wildman–Crippen LogP) is 3.66. The van der Waals surface area contributed by atoms with E-state index in [0.29, 0.717) is 17.9 Å². The molecule has 0 radical (unpaired) electrons. The minimum Gasteiger partial charge on any atom is -0.317 e. The quantitative estimate of drug-likeness (QED) is 0.869. The number of benzene rings is 1. The first kappa shape index (κ1) is 12.8. The van der Waals surface area contributed by atoms with Crippen LogP contribution in [0.4, 0.5) is 4.39 Å². The SMILES string of the molecule is CNC1CCC(Cc2ccc(Cl)c(F)c2)C1C. The molecule has 2 rings (SSSR count). The molecule has 1 aliphatic rings. The van der Waals surface area contributed by atoms with Crippen LogP contribution in [0.5, 0.6) is 0 Å². The molecule has 17 heavy (non-hydrogen) atoms. The van der Waals surface area contributed by atoms with Gasteiger partial charge in [0.1, 0.15) is 5.82 Å². The molecule has 94 valence electrons. The molecule has 1 N–H and O–H groups in total. The molecule has 1 fully saturated rings.